The Labute approximate surface area is 397 Å². The van der Waals surface area contributed by atoms with Gasteiger partial charge in [0.25, 0.3) is 0 Å². The van der Waals surface area contributed by atoms with Gasteiger partial charge in [0, 0.05) is 6.42 Å². The van der Waals surface area contributed by atoms with Crippen LogP contribution < -0.4 is 5.32 Å². The molecule has 6 heteroatoms. The van der Waals surface area contributed by atoms with Crippen LogP contribution in [0, 0.1) is 0 Å². The van der Waals surface area contributed by atoms with E-state index in [1.807, 2.05) is 0 Å². The average Bonchev–Trinajstić information content (AvgIpc) is 3.29. The molecule has 64 heavy (non-hydrogen) atoms. The molecule has 0 rings (SSSR count). The molecule has 0 aliphatic carbocycles. The first-order valence-corrected chi connectivity index (χ1v) is 27.9. The van der Waals surface area contributed by atoms with Gasteiger partial charge in [-0.1, -0.05) is 236 Å². The van der Waals surface area contributed by atoms with Gasteiger partial charge in [0.1, 0.15) is 6.10 Å². The number of aliphatic hydroxyl groups is 2. The molecule has 0 aliphatic heterocycles. The molecular formula is C58H107NO5. The van der Waals surface area contributed by atoms with Gasteiger partial charge in [-0.3, -0.25) is 9.59 Å². The Morgan fingerprint density at radius 3 is 1.30 bits per heavy atom. The SMILES string of the molecule is CC/C=C/C/C=C/C/C=C/CCCCCCC(=O)OC(CCCCCCC/C=C/CCCCCCCC)CC(=O)NC(CO)C(O)CCCCCCCCCCCCCCCCCC. The fourth-order valence-corrected chi connectivity index (χ4v) is 8.44. The van der Waals surface area contributed by atoms with Crippen molar-refractivity contribution in [3.05, 3.63) is 48.6 Å². The van der Waals surface area contributed by atoms with Crippen molar-refractivity contribution in [1.29, 1.82) is 0 Å². The highest BCUT2D eigenvalue weighted by Gasteiger charge is 2.24. The predicted molar refractivity (Wildman–Crippen MR) is 278 cm³/mol. The summed E-state index contributed by atoms with van der Waals surface area (Å²) in [4.78, 5) is 26.2. The van der Waals surface area contributed by atoms with Crippen LogP contribution >= 0.6 is 0 Å². The highest BCUT2D eigenvalue weighted by atomic mass is 16.5. The summed E-state index contributed by atoms with van der Waals surface area (Å²) in [6, 6.07) is -0.709. The van der Waals surface area contributed by atoms with Crippen LogP contribution in [0.5, 0.6) is 0 Å². The maximum atomic E-state index is 13.2. The van der Waals surface area contributed by atoms with Crippen molar-refractivity contribution in [2.24, 2.45) is 0 Å². The summed E-state index contributed by atoms with van der Waals surface area (Å²) in [6.45, 7) is 6.38. The van der Waals surface area contributed by atoms with Crippen LogP contribution in [0.3, 0.4) is 0 Å². The second-order valence-corrected chi connectivity index (χ2v) is 19.0. The van der Waals surface area contributed by atoms with Crippen LogP contribution in [0.15, 0.2) is 48.6 Å². The standard InChI is InChI=1S/C58H107NO5/c1-4-7-10-13-16-19-22-25-28-30-32-35-38-41-44-47-50-56(61)55(53-60)59-57(62)52-54(49-46-43-40-37-34-31-29-26-23-20-17-14-11-8-5-2)64-58(63)51-48-45-42-39-36-33-27-24-21-18-15-12-9-6-3/h9,12,18,21,26-27,29,33,54-56,60-61H,4-8,10-11,13-17,19-20,22-25,28,30-32,34-53H2,1-3H3,(H,59,62)/b12-9+,21-18+,29-26+,33-27+. The topological polar surface area (TPSA) is 95.9 Å². The molecule has 0 radical (unpaired) electrons. The summed E-state index contributed by atoms with van der Waals surface area (Å²) in [5.41, 5.74) is 0. The van der Waals surface area contributed by atoms with E-state index in [0.29, 0.717) is 19.3 Å². The molecule has 1 amide bonds. The number of allylic oxidation sites excluding steroid dienone is 8. The van der Waals surface area contributed by atoms with Crippen molar-refractivity contribution in [2.45, 2.75) is 302 Å². The fraction of sp³-hybridized carbons (Fsp3) is 0.828. The molecule has 0 aliphatic rings. The van der Waals surface area contributed by atoms with Crippen LogP contribution in [0.2, 0.25) is 0 Å². The number of rotatable bonds is 50. The number of esters is 1. The van der Waals surface area contributed by atoms with Gasteiger partial charge in [-0.25, -0.2) is 0 Å². The van der Waals surface area contributed by atoms with Crippen LogP contribution in [0.4, 0.5) is 0 Å². The zero-order valence-electron chi connectivity index (χ0n) is 42.7. The molecule has 0 saturated heterocycles. The summed E-state index contributed by atoms with van der Waals surface area (Å²) in [5.74, 6) is -0.499. The number of ether oxygens (including phenoxy) is 1. The Balaban J connectivity index is 4.57. The van der Waals surface area contributed by atoms with Gasteiger partial charge in [-0.05, 0) is 83.5 Å². The highest BCUT2D eigenvalue weighted by molar-refractivity contribution is 5.77. The molecule has 3 unspecified atom stereocenters. The smallest absolute Gasteiger partial charge is 0.306 e. The van der Waals surface area contributed by atoms with Gasteiger partial charge >= 0.3 is 5.97 Å². The van der Waals surface area contributed by atoms with E-state index in [1.165, 1.54) is 141 Å². The molecule has 0 saturated carbocycles. The Kier molecular flexibility index (Phi) is 50.0. The number of aliphatic hydroxyl groups excluding tert-OH is 2. The predicted octanol–water partition coefficient (Wildman–Crippen LogP) is 17.0. The quantitative estimate of drug-likeness (QED) is 0.0321. The van der Waals surface area contributed by atoms with Crippen molar-refractivity contribution in [3.8, 4) is 0 Å². The minimum Gasteiger partial charge on any atom is -0.462 e. The number of hydrogen-bond donors (Lipinski definition) is 3. The molecule has 374 valence electrons. The van der Waals surface area contributed by atoms with E-state index in [2.05, 4.69) is 74.7 Å². The minimum atomic E-state index is -0.794. The second-order valence-electron chi connectivity index (χ2n) is 19.0. The van der Waals surface area contributed by atoms with E-state index >= 15 is 0 Å². The largest absolute Gasteiger partial charge is 0.462 e. The summed E-state index contributed by atoms with van der Waals surface area (Å²) >= 11 is 0. The van der Waals surface area contributed by atoms with Gasteiger partial charge in [-0.15, -0.1) is 0 Å². The first-order chi connectivity index (χ1) is 31.5. The number of carbonyl (C=O) groups is 2. The van der Waals surface area contributed by atoms with E-state index in [4.69, 9.17) is 4.74 Å². The molecule has 0 aromatic heterocycles. The number of hydrogen-bond acceptors (Lipinski definition) is 5. The molecule has 3 atom stereocenters. The maximum Gasteiger partial charge on any atom is 0.306 e. The Morgan fingerprint density at radius 1 is 0.469 bits per heavy atom. The van der Waals surface area contributed by atoms with Gasteiger partial charge in [0.15, 0.2) is 0 Å². The van der Waals surface area contributed by atoms with Gasteiger partial charge in [0.05, 0.1) is 25.2 Å². The van der Waals surface area contributed by atoms with Crippen molar-refractivity contribution >= 4 is 11.9 Å². The number of carbonyl (C=O) groups excluding carboxylic acids is 2. The summed E-state index contributed by atoms with van der Waals surface area (Å²) in [5, 5.41) is 23.9. The van der Waals surface area contributed by atoms with E-state index in [1.54, 1.807) is 0 Å². The second kappa shape index (κ2) is 51.8. The van der Waals surface area contributed by atoms with Crippen molar-refractivity contribution < 1.29 is 24.5 Å². The first-order valence-electron chi connectivity index (χ1n) is 27.9. The highest BCUT2D eigenvalue weighted by Crippen LogP contribution is 2.18. The minimum absolute atomic E-state index is 0.0639. The lowest BCUT2D eigenvalue weighted by Crippen LogP contribution is -2.46. The molecule has 0 spiro atoms. The molecule has 6 nitrogen and oxygen atoms in total. The Bertz CT molecular complexity index is 1100. The fourth-order valence-electron chi connectivity index (χ4n) is 8.44. The molecule has 0 bridgehead atoms. The zero-order valence-corrected chi connectivity index (χ0v) is 42.7. The molecular weight excluding hydrogens is 791 g/mol. The third-order valence-electron chi connectivity index (χ3n) is 12.6. The molecule has 0 fully saturated rings. The van der Waals surface area contributed by atoms with Crippen LogP contribution in [0.25, 0.3) is 0 Å². The van der Waals surface area contributed by atoms with E-state index in [0.717, 1.165) is 96.3 Å². The van der Waals surface area contributed by atoms with Crippen molar-refractivity contribution in [1.82, 2.24) is 5.32 Å². The van der Waals surface area contributed by atoms with Crippen molar-refractivity contribution in [2.75, 3.05) is 6.61 Å². The van der Waals surface area contributed by atoms with Gasteiger partial charge in [-0.2, -0.15) is 0 Å². The maximum absolute atomic E-state index is 13.2. The lowest BCUT2D eigenvalue weighted by Gasteiger charge is -2.24. The molecule has 0 aromatic rings. The van der Waals surface area contributed by atoms with Gasteiger partial charge < -0.3 is 20.3 Å². The van der Waals surface area contributed by atoms with Crippen LogP contribution in [-0.4, -0.2) is 46.9 Å². The third-order valence-corrected chi connectivity index (χ3v) is 12.6. The Hall–Kier alpha value is -2.18. The Morgan fingerprint density at radius 2 is 0.844 bits per heavy atom. The summed E-state index contributed by atoms with van der Waals surface area (Å²) in [7, 11) is 0. The first kappa shape index (κ1) is 61.8. The van der Waals surface area contributed by atoms with E-state index in [-0.39, 0.29) is 24.9 Å². The number of amides is 1. The van der Waals surface area contributed by atoms with Crippen LogP contribution in [0.1, 0.15) is 284 Å². The summed E-state index contributed by atoms with van der Waals surface area (Å²) < 4.78 is 5.94. The molecule has 0 aromatic carbocycles. The lowest BCUT2D eigenvalue weighted by molar-refractivity contribution is -0.151. The monoisotopic (exact) mass is 898 g/mol. The van der Waals surface area contributed by atoms with E-state index < -0.39 is 18.2 Å². The number of unbranched alkanes of at least 4 members (excludes halogenated alkanes) is 30. The lowest BCUT2D eigenvalue weighted by atomic mass is 10.0. The van der Waals surface area contributed by atoms with Crippen LogP contribution in [-0.2, 0) is 14.3 Å². The van der Waals surface area contributed by atoms with E-state index in [9.17, 15) is 19.8 Å². The normalized spacial score (nSPS) is 13.5. The number of nitrogens with one attached hydrogen (secondary N) is 1. The zero-order chi connectivity index (χ0) is 46.7. The average molecular weight is 898 g/mol. The molecule has 3 N–H and O–H groups in total. The summed E-state index contributed by atoms with van der Waals surface area (Å²) in [6.07, 6.45) is 63.1. The molecule has 0 heterocycles. The third kappa shape index (κ3) is 46.4. The van der Waals surface area contributed by atoms with Gasteiger partial charge in [0.2, 0.25) is 5.91 Å². The van der Waals surface area contributed by atoms with Crippen molar-refractivity contribution in [3.63, 3.8) is 0 Å².